The lowest BCUT2D eigenvalue weighted by Gasteiger charge is -2.39. The highest BCUT2D eigenvalue weighted by molar-refractivity contribution is 14.1. The summed E-state index contributed by atoms with van der Waals surface area (Å²) < 4.78 is 6.29. The molecule has 2 unspecified atom stereocenters. The molecule has 20 heavy (non-hydrogen) atoms. The Bertz CT molecular complexity index is 502. The average Bonchev–Trinajstić information content (AvgIpc) is 2.70. The Morgan fingerprint density at radius 2 is 2.00 bits per heavy atom. The Labute approximate surface area is 133 Å². The van der Waals surface area contributed by atoms with Crippen LogP contribution < -0.4 is 5.73 Å². The van der Waals surface area contributed by atoms with Gasteiger partial charge in [0.1, 0.15) is 0 Å². The Balaban J connectivity index is 1.95. The van der Waals surface area contributed by atoms with Crippen LogP contribution in [0.4, 0.5) is 0 Å². The Hall–Kier alpha value is -0.620. The van der Waals surface area contributed by atoms with Gasteiger partial charge >= 0.3 is 5.97 Å². The van der Waals surface area contributed by atoms with E-state index in [4.69, 9.17) is 10.5 Å². The molecule has 108 valence electrons. The van der Waals surface area contributed by atoms with E-state index in [1.54, 1.807) is 0 Å². The molecule has 2 bridgehead atoms. The largest absolute Gasteiger partial charge is 0.469 e. The van der Waals surface area contributed by atoms with Crippen LogP contribution >= 0.6 is 22.6 Å². The third-order valence-electron chi connectivity index (χ3n) is 5.13. The van der Waals surface area contributed by atoms with Crippen molar-refractivity contribution < 1.29 is 9.53 Å². The zero-order valence-corrected chi connectivity index (χ0v) is 13.7. The topological polar surface area (TPSA) is 52.3 Å². The van der Waals surface area contributed by atoms with Gasteiger partial charge in [0.2, 0.25) is 0 Å². The summed E-state index contributed by atoms with van der Waals surface area (Å²) in [5.74, 6) is 0.940. The normalized spacial score (nSPS) is 35.9. The maximum absolute atomic E-state index is 12.3. The molecule has 0 spiro atoms. The third kappa shape index (κ3) is 2.37. The van der Waals surface area contributed by atoms with Crippen LogP contribution in [0.2, 0.25) is 0 Å². The van der Waals surface area contributed by atoms with E-state index in [1.165, 1.54) is 16.2 Å². The van der Waals surface area contributed by atoms with Gasteiger partial charge in [0.05, 0.1) is 13.0 Å². The number of nitrogens with two attached hydrogens (primary N) is 1. The van der Waals surface area contributed by atoms with Gasteiger partial charge in [0.25, 0.3) is 0 Å². The van der Waals surface area contributed by atoms with Crippen LogP contribution in [-0.4, -0.2) is 19.1 Å². The molecule has 2 saturated carbocycles. The molecule has 1 aromatic rings. The third-order valence-corrected chi connectivity index (χ3v) is 5.85. The first kappa shape index (κ1) is 14.3. The van der Waals surface area contributed by atoms with E-state index in [0.717, 1.165) is 19.3 Å². The van der Waals surface area contributed by atoms with Gasteiger partial charge in [0.15, 0.2) is 0 Å². The standard InChI is InChI=1S/C16H20INO2/c1-20-16(19)14-12-7-4-10(15(12)18)8-13(14)9-2-5-11(17)6-3-9/h2-3,5-6,10,12-15H,4,7-8,18H2,1H3/t10-,12?,13-,14?,15+/m1/s1. The van der Waals surface area contributed by atoms with Crippen molar-refractivity contribution in [3.05, 3.63) is 33.4 Å². The van der Waals surface area contributed by atoms with E-state index in [2.05, 4.69) is 46.9 Å². The van der Waals surface area contributed by atoms with Gasteiger partial charge in [-0.1, -0.05) is 12.1 Å². The van der Waals surface area contributed by atoms with Crippen LogP contribution in [0.1, 0.15) is 30.7 Å². The number of fused-ring (bicyclic) bond motifs is 2. The predicted octanol–water partition coefficient (Wildman–Crippen LogP) is 2.92. The fourth-order valence-electron chi connectivity index (χ4n) is 4.13. The van der Waals surface area contributed by atoms with Crippen LogP contribution in [0.15, 0.2) is 24.3 Å². The summed E-state index contributed by atoms with van der Waals surface area (Å²) in [6.45, 7) is 0. The van der Waals surface area contributed by atoms with Gasteiger partial charge in [-0.3, -0.25) is 4.79 Å². The number of hydrogen-bond donors (Lipinski definition) is 1. The lowest BCUT2D eigenvalue weighted by Crippen LogP contribution is -2.46. The van der Waals surface area contributed by atoms with Gasteiger partial charge in [-0.25, -0.2) is 0 Å². The number of esters is 1. The van der Waals surface area contributed by atoms with Gasteiger partial charge in [-0.15, -0.1) is 0 Å². The first-order valence-corrected chi connectivity index (χ1v) is 8.28. The van der Waals surface area contributed by atoms with Crippen LogP contribution in [0, 0.1) is 21.3 Å². The number of rotatable bonds is 2. The highest BCUT2D eigenvalue weighted by atomic mass is 127. The van der Waals surface area contributed by atoms with Crippen LogP contribution in [0.3, 0.4) is 0 Å². The van der Waals surface area contributed by atoms with Crippen molar-refractivity contribution in [1.82, 2.24) is 0 Å². The summed E-state index contributed by atoms with van der Waals surface area (Å²) in [6, 6.07) is 8.69. The Kier molecular flexibility index (Phi) is 4.04. The highest BCUT2D eigenvalue weighted by Gasteiger charge is 2.50. The number of carbonyl (C=O) groups is 1. The molecule has 5 atom stereocenters. The molecule has 0 radical (unpaired) electrons. The molecule has 1 aromatic carbocycles. The zero-order valence-electron chi connectivity index (χ0n) is 11.6. The van der Waals surface area contributed by atoms with E-state index in [-0.39, 0.29) is 29.8 Å². The molecule has 0 aromatic heterocycles. The molecule has 0 heterocycles. The van der Waals surface area contributed by atoms with Crippen LogP contribution in [0.5, 0.6) is 0 Å². The second-order valence-corrected chi connectivity index (χ2v) is 7.27. The first-order chi connectivity index (χ1) is 9.61. The lowest BCUT2D eigenvalue weighted by atomic mass is 9.67. The van der Waals surface area contributed by atoms with Gasteiger partial charge < -0.3 is 10.5 Å². The minimum absolute atomic E-state index is 0.0752. The van der Waals surface area contributed by atoms with Crippen molar-refractivity contribution in [3.8, 4) is 0 Å². The quantitative estimate of drug-likeness (QED) is 0.629. The molecule has 2 aliphatic carbocycles. The highest BCUT2D eigenvalue weighted by Crippen LogP contribution is 2.51. The SMILES string of the molecule is COC(=O)C1C2CC[C@H](C[C@@H]1c1ccc(I)cc1)[C@@H]2N. The summed E-state index contributed by atoms with van der Waals surface area (Å²) in [5.41, 5.74) is 7.58. The van der Waals surface area contributed by atoms with Crippen molar-refractivity contribution in [1.29, 1.82) is 0 Å². The number of benzene rings is 1. The number of methoxy groups -OCH3 is 1. The smallest absolute Gasteiger partial charge is 0.309 e. The van der Waals surface area contributed by atoms with Gasteiger partial charge in [-0.2, -0.15) is 0 Å². The van der Waals surface area contributed by atoms with Gasteiger partial charge in [-0.05, 0) is 77.3 Å². The van der Waals surface area contributed by atoms with Crippen molar-refractivity contribution in [2.24, 2.45) is 23.5 Å². The Morgan fingerprint density at radius 1 is 1.30 bits per heavy atom. The van der Waals surface area contributed by atoms with Crippen molar-refractivity contribution >= 4 is 28.6 Å². The molecule has 0 amide bonds. The van der Waals surface area contributed by atoms with Crippen LogP contribution in [0.25, 0.3) is 0 Å². The van der Waals surface area contributed by atoms with E-state index >= 15 is 0 Å². The Morgan fingerprint density at radius 3 is 2.65 bits per heavy atom. The zero-order chi connectivity index (χ0) is 14.3. The number of ether oxygens (including phenoxy) is 1. The number of carbonyl (C=O) groups excluding carboxylic acids is 1. The minimum Gasteiger partial charge on any atom is -0.469 e. The fraction of sp³-hybridized carbons (Fsp3) is 0.562. The predicted molar refractivity (Wildman–Crippen MR) is 86.2 cm³/mol. The van der Waals surface area contributed by atoms with E-state index in [1.807, 2.05) is 0 Å². The number of halogens is 1. The number of hydrogen-bond acceptors (Lipinski definition) is 3. The molecule has 0 saturated heterocycles. The fourth-order valence-corrected chi connectivity index (χ4v) is 4.49. The lowest BCUT2D eigenvalue weighted by molar-refractivity contribution is -0.149. The summed E-state index contributed by atoms with van der Waals surface area (Å²) >= 11 is 2.31. The van der Waals surface area contributed by atoms with E-state index in [0.29, 0.717) is 5.92 Å². The minimum atomic E-state index is -0.0886. The molecule has 2 aliphatic rings. The molecule has 2 N–H and O–H groups in total. The molecule has 0 aliphatic heterocycles. The monoisotopic (exact) mass is 385 g/mol. The van der Waals surface area contributed by atoms with Crippen molar-refractivity contribution in [2.45, 2.75) is 31.2 Å². The molecule has 4 heteroatoms. The van der Waals surface area contributed by atoms with Gasteiger partial charge in [0, 0.05) is 9.61 Å². The molecular formula is C16H20INO2. The summed E-state index contributed by atoms with van der Waals surface area (Å²) in [4.78, 5) is 12.3. The average molecular weight is 385 g/mol. The molecular weight excluding hydrogens is 365 g/mol. The second-order valence-electron chi connectivity index (χ2n) is 6.02. The molecule has 3 nitrogen and oxygen atoms in total. The maximum Gasteiger partial charge on any atom is 0.309 e. The van der Waals surface area contributed by atoms with Crippen LogP contribution in [-0.2, 0) is 9.53 Å². The molecule has 3 rings (SSSR count). The van der Waals surface area contributed by atoms with Crippen molar-refractivity contribution in [2.75, 3.05) is 7.11 Å². The maximum atomic E-state index is 12.3. The summed E-state index contributed by atoms with van der Waals surface area (Å²) in [5, 5.41) is 0. The molecule has 2 fully saturated rings. The first-order valence-electron chi connectivity index (χ1n) is 7.20. The summed E-state index contributed by atoms with van der Waals surface area (Å²) in [7, 11) is 1.49. The summed E-state index contributed by atoms with van der Waals surface area (Å²) in [6.07, 6.45) is 3.23. The van der Waals surface area contributed by atoms with E-state index in [9.17, 15) is 4.79 Å². The van der Waals surface area contributed by atoms with Crippen molar-refractivity contribution in [3.63, 3.8) is 0 Å². The van der Waals surface area contributed by atoms with E-state index < -0.39 is 0 Å². The second kappa shape index (κ2) is 5.64.